The molecule has 0 aromatic rings. The molecule has 0 atom stereocenters. The van der Waals surface area contributed by atoms with Gasteiger partial charge >= 0.3 is 51.2 Å². The summed E-state index contributed by atoms with van der Waals surface area (Å²) in [6.45, 7) is 0. The van der Waals surface area contributed by atoms with Crippen LogP contribution in [0.15, 0.2) is 0 Å². The molecule has 0 aromatic heterocycles. The topological polar surface area (TPSA) is 190 Å². The summed E-state index contributed by atoms with van der Waals surface area (Å²) in [5, 5.41) is 50.0. The van der Waals surface area contributed by atoms with Crippen molar-refractivity contribution in [3.8, 4) is 0 Å². The summed E-state index contributed by atoms with van der Waals surface area (Å²) in [4.78, 5) is 25.0. The third kappa shape index (κ3) is 4330. The van der Waals surface area contributed by atoms with Gasteiger partial charge < -0.3 is 45.0 Å². The molecule has 0 amide bonds. The van der Waals surface area contributed by atoms with Crippen LogP contribution in [0, 0.1) is 0 Å². The molecule has 0 N–H and O–H groups in total. The Hall–Kier alpha value is -0.632. The molecular weight excluding hydrogens is 348 g/mol. The molecule has 0 radical (unpaired) electrons. The second-order valence-electron chi connectivity index (χ2n) is 0.750. The average Bonchev–Trinajstić information content (AvgIpc) is 1.54. The minimum atomic E-state index is -2.33. The largest absolute Gasteiger partial charge is 2.00 e. The van der Waals surface area contributed by atoms with Gasteiger partial charge in [0.1, 0.15) is 0 Å². The van der Waals surface area contributed by atoms with Crippen molar-refractivity contribution in [2.24, 2.45) is 0 Å². The van der Waals surface area contributed by atoms with Crippen LogP contribution in [0.4, 0.5) is 14.4 Å². The van der Waals surface area contributed by atoms with Crippen LogP contribution in [-0.2, 0) is 51.2 Å². The van der Waals surface area contributed by atoms with E-state index in [0.29, 0.717) is 0 Å². The van der Waals surface area contributed by atoms with Crippen molar-refractivity contribution in [2.45, 2.75) is 0 Å². The maximum atomic E-state index is 8.33. The van der Waals surface area contributed by atoms with Crippen molar-refractivity contribution in [3.63, 3.8) is 0 Å². The molecule has 0 aliphatic rings. The van der Waals surface area contributed by atoms with Crippen molar-refractivity contribution < 1.29 is 96.2 Å². The van der Waals surface area contributed by atoms with Crippen molar-refractivity contribution in [3.05, 3.63) is 0 Å². The number of carbonyl (C=O) groups is 3. The van der Waals surface area contributed by atoms with Crippen LogP contribution < -0.4 is 30.6 Å². The van der Waals surface area contributed by atoms with Gasteiger partial charge in [0.05, 0.1) is 0 Å². The van der Waals surface area contributed by atoms with E-state index in [9.17, 15) is 0 Å². The maximum Gasteiger partial charge on any atom is 2.00 e. The second kappa shape index (κ2) is 29.2. The Balaban J connectivity index is -0.0000000184. The van der Waals surface area contributed by atoms with E-state index >= 15 is 0 Å². The standard InChI is InChI=1S/3CH2O3.3Fe/c3*2-1(3)4;;;/h3*(H2,2,3,4);;;/q;;;3*+2/p-6. The Labute approximate surface area is 115 Å². The van der Waals surface area contributed by atoms with E-state index in [0.717, 1.165) is 0 Å². The third-order valence-corrected chi connectivity index (χ3v) is 0. The molecule has 0 fully saturated rings. The maximum absolute atomic E-state index is 8.33. The fourth-order valence-electron chi connectivity index (χ4n) is 0. The molecule has 0 aromatic carbocycles. The number of hydrogen-bond donors (Lipinski definition) is 0. The van der Waals surface area contributed by atoms with Crippen molar-refractivity contribution in [1.82, 2.24) is 0 Å². The number of carboxylic acid groups (broad SMARTS) is 6. The van der Waals surface area contributed by atoms with E-state index in [4.69, 9.17) is 45.0 Å². The Bertz CT molecular complexity index is 118. The molecule has 0 aliphatic carbocycles. The second-order valence-corrected chi connectivity index (χ2v) is 0.750. The Kier molecular flexibility index (Phi) is 71.4. The van der Waals surface area contributed by atoms with Gasteiger partial charge in [0.25, 0.3) is 0 Å². The van der Waals surface area contributed by atoms with Gasteiger partial charge in [-0.2, -0.15) is 0 Å². The van der Waals surface area contributed by atoms with E-state index in [2.05, 4.69) is 0 Å². The van der Waals surface area contributed by atoms with E-state index in [1.807, 2.05) is 0 Å². The molecule has 90 valence electrons. The molecule has 0 aliphatic heterocycles. The summed E-state index contributed by atoms with van der Waals surface area (Å²) in [7, 11) is 0. The normalized spacial score (nSPS) is 4.80. The van der Waals surface area contributed by atoms with Crippen LogP contribution in [0.1, 0.15) is 0 Å². The van der Waals surface area contributed by atoms with Gasteiger partial charge in [-0.15, -0.1) is 0 Å². The summed E-state index contributed by atoms with van der Waals surface area (Å²) in [5.74, 6) is 0. The van der Waals surface area contributed by atoms with Gasteiger partial charge in [0.2, 0.25) is 0 Å². The van der Waals surface area contributed by atoms with Crippen molar-refractivity contribution >= 4 is 18.5 Å². The number of hydrogen-bond acceptors (Lipinski definition) is 9. The van der Waals surface area contributed by atoms with Gasteiger partial charge in [-0.25, -0.2) is 0 Å². The zero-order chi connectivity index (χ0) is 10.7. The van der Waals surface area contributed by atoms with E-state index in [1.165, 1.54) is 0 Å². The van der Waals surface area contributed by atoms with E-state index < -0.39 is 18.5 Å². The Morgan fingerprint density at radius 1 is 0.467 bits per heavy atom. The van der Waals surface area contributed by atoms with Crippen LogP contribution >= 0.6 is 0 Å². The molecule has 0 unspecified atom stereocenters. The number of carbonyl (C=O) groups excluding carboxylic acids is 3. The molecule has 0 saturated heterocycles. The van der Waals surface area contributed by atoms with Gasteiger partial charge in [-0.05, 0) is 18.5 Å². The fourth-order valence-corrected chi connectivity index (χ4v) is 0. The first kappa shape index (κ1) is 36.7. The molecule has 0 heterocycles. The summed E-state index contributed by atoms with van der Waals surface area (Å²) in [6, 6.07) is 0. The summed E-state index contributed by atoms with van der Waals surface area (Å²) >= 11 is 0. The van der Waals surface area contributed by atoms with Crippen molar-refractivity contribution in [2.75, 3.05) is 0 Å². The average molecular weight is 348 g/mol. The van der Waals surface area contributed by atoms with Crippen molar-refractivity contribution in [1.29, 1.82) is 0 Å². The minimum absolute atomic E-state index is 0. The summed E-state index contributed by atoms with van der Waals surface area (Å²) in [5.41, 5.74) is 0. The molecule has 0 bridgehead atoms. The first-order valence-corrected chi connectivity index (χ1v) is 1.84. The first-order chi connectivity index (χ1) is 5.20. The predicted octanol–water partition coefficient (Wildman–Crippen LogP) is -7.35. The zero-order valence-electron chi connectivity index (χ0n) is 6.23. The van der Waals surface area contributed by atoms with Crippen LogP contribution in [-0.4, -0.2) is 18.5 Å². The quantitative estimate of drug-likeness (QED) is 0.383. The Morgan fingerprint density at radius 2 is 0.467 bits per heavy atom. The molecule has 0 rings (SSSR count). The van der Waals surface area contributed by atoms with E-state index in [-0.39, 0.29) is 51.2 Å². The van der Waals surface area contributed by atoms with Crippen LogP contribution in [0.5, 0.6) is 0 Å². The van der Waals surface area contributed by atoms with Gasteiger partial charge in [-0.1, -0.05) is 0 Å². The first-order valence-electron chi connectivity index (χ1n) is 1.84. The van der Waals surface area contributed by atoms with Gasteiger partial charge in [0.15, 0.2) is 0 Å². The molecule has 15 heavy (non-hydrogen) atoms. The van der Waals surface area contributed by atoms with E-state index in [1.54, 1.807) is 0 Å². The van der Waals surface area contributed by atoms with Gasteiger partial charge in [0, 0.05) is 0 Å². The predicted molar refractivity (Wildman–Crippen MR) is 16.2 cm³/mol. The molecular formula is C3Fe3O9. The summed E-state index contributed by atoms with van der Waals surface area (Å²) in [6.07, 6.45) is -7.00. The fraction of sp³-hybridized carbons (Fsp3) is 0. The molecule has 12 heteroatoms. The van der Waals surface area contributed by atoms with Crippen LogP contribution in [0.25, 0.3) is 0 Å². The SMILES string of the molecule is O=C([O-])[O-].O=C([O-])[O-].O=C([O-])[O-].[Fe+2].[Fe+2].[Fe+2]. The Morgan fingerprint density at radius 3 is 0.467 bits per heavy atom. The minimum Gasteiger partial charge on any atom is -0.652 e. The third-order valence-electron chi connectivity index (χ3n) is 0. The molecule has 0 spiro atoms. The monoisotopic (exact) mass is 348 g/mol. The zero-order valence-corrected chi connectivity index (χ0v) is 9.55. The van der Waals surface area contributed by atoms with Crippen LogP contribution in [0.3, 0.4) is 0 Å². The van der Waals surface area contributed by atoms with Crippen LogP contribution in [0.2, 0.25) is 0 Å². The number of rotatable bonds is 0. The smallest absolute Gasteiger partial charge is 0.652 e. The van der Waals surface area contributed by atoms with Gasteiger partial charge in [-0.3, -0.25) is 0 Å². The molecule has 0 saturated carbocycles. The summed E-state index contributed by atoms with van der Waals surface area (Å²) < 4.78 is 0. The molecule has 9 nitrogen and oxygen atoms in total.